The van der Waals surface area contributed by atoms with Crippen LogP contribution in [0.25, 0.3) is 0 Å². The highest BCUT2D eigenvalue weighted by Crippen LogP contribution is 2.25. The van der Waals surface area contributed by atoms with Gasteiger partial charge in [0.2, 0.25) is 0 Å². The van der Waals surface area contributed by atoms with Gasteiger partial charge in [0.1, 0.15) is 5.84 Å². The SMILES string of the molecule is C=C/C(N)=C(\N=C(/C)Nc1ccc(S(=C)(N)=O)cc1)NC1CCC(N(CCC)CCC)CC1. The van der Waals surface area contributed by atoms with E-state index in [4.69, 9.17) is 15.9 Å². The van der Waals surface area contributed by atoms with Gasteiger partial charge in [0.05, 0.1) is 15.4 Å². The van der Waals surface area contributed by atoms with E-state index in [0.29, 0.717) is 34.3 Å². The Morgan fingerprint density at radius 3 is 2.24 bits per heavy atom. The highest BCUT2D eigenvalue weighted by Gasteiger charge is 2.25. The Labute approximate surface area is 200 Å². The lowest BCUT2D eigenvalue weighted by Gasteiger charge is -2.37. The Morgan fingerprint density at radius 2 is 1.76 bits per heavy atom. The first-order valence-corrected chi connectivity index (χ1v) is 13.7. The maximum atomic E-state index is 11.9. The van der Waals surface area contributed by atoms with Crippen LogP contribution < -0.4 is 21.5 Å². The minimum atomic E-state index is -2.72. The molecule has 0 aromatic heterocycles. The van der Waals surface area contributed by atoms with E-state index in [1.807, 2.05) is 6.92 Å². The molecule has 1 aliphatic rings. The second-order valence-electron chi connectivity index (χ2n) is 8.77. The van der Waals surface area contributed by atoms with Crippen molar-refractivity contribution in [3.8, 4) is 0 Å². The van der Waals surface area contributed by atoms with Gasteiger partial charge in [-0.3, -0.25) is 5.14 Å². The fourth-order valence-corrected chi connectivity index (χ4v) is 4.88. The summed E-state index contributed by atoms with van der Waals surface area (Å²) in [6.07, 6.45) is 8.57. The summed E-state index contributed by atoms with van der Waals surface area (Å²) in [6, 6.07) is 8.03. The van der Waals surface area contributed by atoms with Gasteiger partial charge in [-0.05, 0) is 94.8 Å². The van der Waals surface area contributed by atoms with Crippen molar-refractivity contribution in [2.24, 2.45) is 15.9 Å². The van der Waals surface area contributed by atoms with Gasteiger partial charge in [-0.1, -0.05) is 20.4 Å². The molecule has 184 valence electrons. The molecule has 0 heterocycles. The molecule has 1 saturated carbocycles. The Kier molecular flexibility index (Phi) is 10.5. The van der Waals surface area contributed by atoms with E-state index in [1.54, 1.807) is 30.3 Å². The van der Waals surface area contributed by atoms with E-state index in [9.17, 15) is 4.21 Å². The molecule has 0 radical (unpaired) electrons. The number of nitrogens with zero attached hydrogens (tertiary/aromatic N) is 2. The summed E-state index contributed by atoms with van der Waals surface area (Å²) in [7, 11) is -2.72. The first-order valence-electron chi connectivity index (χ1n) is 11.9. The highest BCUT2D eigenvalue weighted by atomic mass is 32.2. The molecule has 0 aliphatic heterocycles. The monoisotopic (exact) mass is 474 g/mol. The molecule has 1 aliphatic carbocycles. The molecule has 7 nitrogen and oxygen atoms in total. The Morgan fingerprint density at radius 1 is 1.18 bits per heavy atom. The van der Waals surface area contributed by atoms with E-state index in [0.717, 1.165) is 18.5 Å². The van der Waals surface area contributed by atoms with Crippen LogP contribution in [0.15, 0.2) is 58.3 Å². The molecule has 0 amide bonds. The number of hydrogen-bond acceptors (Lipinski definition) is 5. The van der Waals surface area contributed by atoms with Crippen molar-refractivity contribution in [2.45, 2.75) is 76.3 Å². The molecule has 2 rings (SSSR count). The van der Waals surface area contributed by atoms with Crippen molar-refractivity contribution >= 4 is 27.1 Å². The number of hydrogen-bond donors (Lipinski definition) is 4. The quantitative estimate of drug-likeness (QED) is 0.169. The minimum absolute atomic E-state index is 0.338. The van der Waals surface area contributed by atoms with Crippen LogP contribution in [0.2, 0.25) is 0 Å². The van der Waals surface area contributed by atoms with E-state index < -0.39 is 9.71 Å². The van der Waals surface area contributed by atoms with Crippen LogP contribution >= 0.6 is 0 Å². The topological polar surface area (TPSA) is 109 Å². The summed E-state index contributed by atoms with van der Waals surface area (Å²) >= 11 is 0. The lowest BCUT2D eigenvalue weighted by molar-refractivity contribution is 0.145. The van der Waals surface area contributed by atoms with Gasteiger partial charge in [0, 0.05) is 22.7 Å². The molecular weight excluding hydrogens is 432 g/mol. The lowest BCUT2D eigenvalue weighted by Crippen LogP contribution is -2.43. The summed E-state index contributed by atoms with van der Waals surface area (Å²) in [5.74, 6) is 4.83. The van der Waals surface area contributed by atoms with E-state index in [2.05, 4.69) is 41.8 Å². The van der Waals surface area contributed by atoms with Crippen molar-refractivity contribution in [3.63, 3.8) is 0 Å². The molecular formula is C25H42N6OS. The fourth-order valence-electron chi connectivity index (χ4n) is 4.28. The predicted octanol–water partition coefficient (Wildman–Crippen LogP) is 3.80. The number of benzene rings is 1. The lowest BCUT2D eigenvalue weighted by atomic mass is 9.90. The standard InChI is InChI=1S/C25H42N6OS/c1-6-17-31(18-7-2)22-13-9-21(10-14-22)30-25(24(26)8-3)29-19(4)28-20-11-15-23(16-12-20)33(5,27)32/h8,11-12,15-16,21-22,30H,3,5-7,9-10,13-14,17-18,26H2,1-2,4H3,(H2,27,32)(H,28,29)/b25-24-. The summed E-state index contributed by atoms with van der Waals surface area (Å²) in [5, 5.41) is 12.4. The van der Waals surface area contributed by atoms with E-state index in [-0.39, 0.29) is 0 Å². The fraction of sp³-hybridized carbons (Fsp3) is 0.520. The number of aliphatic imine (C=N–C) groups is 1. The van der Waals surface area contributed by atoms with Gasteiger partial charge in [0.25, 0.3) is 0 Å². The molecule has 6 N–H and O–H groups in total. The van der Waals surface area contributed by atoms with Gasteiger partial charge >= 0.3 is 0 Å². The molecule has 33 heavy (non-hydrogen) atoms. The van der Waals surface area contributed by atoms with Crippen LogP contribution in [0.4, 0.5) is 5.69 Å². The van der Waals surface area contributed by atoms with Crippen LogP contribution in [-0.4, -0.2) is 46.0 Å². The molecule has 1 aromatic rings. The summed E-state index contributed by atoms with van der Waals surface area (Å²) in [6.45, 7) is 12.6. The second kappa shape index (κ2) is 12.8. The smallest absolute Gasteiger partial charge is 0.151 e. The van der Waals surface area contributed by atoms with Gasteiger partial charge in [-0.25, -0.2) is 9.20 Å². The molecule has 1 aromatic carbocycles. The largest absolute Gasteiger partial charge is 0.396 e. The van der Waals surface area contributed by atoms with Crippen molar-refractivity contribution in [1.29, 1.82) is 0 Å². The average molecular weight is 475 g/mol. The summed E-state index contributed by atoms with van der Waals surface area (Å²) < 4.78 is 11.9. The molecule has 0 bridgehead atoms. The molecule has 0 saturated heterocycles. The number of allylic oxidation sites excluding steroid dienone is 1. The number of anilines is 1. The maximum absolute atomic E-state index is 11.9. The predicted molar refractivity (Wildman–Crippen MR) is 144 cm³/mol. The number of rotatable bonds is 11. The zero-order chi connectivity index (χ0) is 24.4. The third-order valence-corrected chi connectivity index (χ3v) is 7.00. The van der Waals surface area contributed by atoms with E-state index in [1.165, 1.54) is 38.8 Å². The maximum Gasteiger partial charge on any atom is 0.151 e. The summed E-state index contributed by atoms with van der Waals surface area (Å²) in [4.78, 5) is 7.85. The highest BCUT2D eigenvalue weighted by molar-refractivity contribution is 7.98. The van der Waals surface area contributed by atoms with Crippen LogP contribution in [0.1, 0.15) is 59.3 Å². The molecule has 1 atom stereocenters. The van der Waals surface area contributed by atoms with Crippen molar-refractivity contribution in [3.05, 3.63) is 48.4 Å². The van der Waals surface area contributed by atoms with Crippen molar-refractivity contribution in [2.75, 3.05) is 18.4 Å². The average Bonchev–Trinajstić information content (AvgIpc) is 2.78. The van der Waals surface area contributed by atoms with Crippen LogP contribution in [0.3, 0.4) is 0 Å². The van der Waals surface area contributed by atoms with Crippen LogP contribution in [0, 0.1) is 0 Å². The molecule has 1 fully saturated rings. The zero-order valence-corrected chi connectivity index (χ0v) is 21.3. The molecule has 1 unspecified atom stereocenters. The van der Waals surface area contributed by atoms with E-state index >= 15 is 0 Å². The number of nitrogens with one attached hydrogen (secondary N) is 2. The van der Waals surface area contributed by atoms with Crippen LogP contribution in [0.5, 0.6) is 0 Å². The summed E-state index contributed by atoms with van der Waals surface area (Å²) in [5.41, 5.74) is 7.53. The minimum Gasteiger partial charge on any atom is -0.396 e. The van der Waals surface area contributed by atoms with Gasteiger partial charge in [0.15, 0.2) is 5.82 Å². The first-order chi connectivity index (χ1) is 15.7. The van der Waals surface area contributed by atoms with Crippen LogP contribution in [-0.2, 0) is 9.71 Å². The van der Waals surface area contributed by atoms with Gasteiger partial charge in [-0.2, -0.15) is 0 Å². The normalized spacial score (nSPS) is 21.8. The Bertz CT molecular complexity index is 922. The molecule has 0 spiro atoms. The van der Waals surface area contributed by atoms with Gasteiger partial charge < -0.3 is 21.3 Å². The zero-order valence-electron chi connectivity index (χ0n) is 20.5. The Balaban J connectivity index is 2.03. The molecule has 8 heteroatoms. The third kappa shape index (κ3) is 8.53. The third-order valence-electron chi connectivity index (χ3n) is 5.93. The van der Waals surface area contributed by atoms with Gasteiger partial charge in [-0.15, -0.1) is 0 Å². The Hall–Kier alpha value is -2.29. The number of amidine groups is 1. The van der Waals surface area contributed by atoms with Crippen molar-refractivity contribution in [1.82, 2.24) is 10.2 Å². The van der Waals surface area contributed by atoms with Crippen molar-refractivity contribution < 1.29 is 4.21 Å². The number of nitrogens with two attached hydrogens (primary N) is 2. The first kappa shape index (κ1) is 27.0. The second-order valence-corrected chi connectivity index (χ2v) is 10.7.